The van der Waals surface area contributed by atoms with E-state index in [1.807, 2.05) is 6.92 Å². The molecule has 16 heavy (non-hydrogen) atoms. The van der Waals surface area contributed by atoms with Crippen LogP contribution in [0.5, 0.6) is 0 Å². The Balaban J connectivity index is 2.75. The molecule has 1 rings (SSSR count). The van der Waals surface area contributed by atoms with Crippen LogP contribution in [0.15, 0.2) is 23.4 Å². The Labute approximate surface area is 95.9 Å². The highest BCUT2D eigenvalue weighted by atomic mass is 32.2. The van der Waals surface area contributed by atoms with E-state index in [9.17, 15) is 13.2 Å². The summed E-state index contributed by atoms with van der Waals surface area (Å²) in [5.41, 5.74) is -0.693. The van der Waals surface area contributed by atoms with Crippen molar-refractivity contribution in [3.8, 4) is 0 Å². The molecule has 1 aromatic heterocycles. The summed E-state index contributed by atoms with van der Waals surface area (Å²) in [6.07, 6.45) is -2.65. The molecule has 0 saturated heterocycles. The first-order chi connectivity index (χ1) is 7.43. The quantitative estimate of drug-likeness (QED) is 0.835. The molecule has 0 aliphatic carbocycles. The fourth-order valence-corrected chi connectivity index (χ4v) is 2.05. The highest BCUT2D eigenvalue weighted by molar-refractivity contribution is 7.99. The molecule has 0 fully saturated rings. The number of thioether (sulfide) groups is 1. The predicted octanol–water partition coefficient (Wildman–Crippen LogP) is 2.96. The molecule has 1 unspecified atom stereocenters. The normalized spacial score (nSPS) is 13.8. The lowest BCUT2D eigenvalue weighted by Gasteiger charge is -2.10. The van der Waals surface area contributed by atoms with Crippen molar-refractivity contribution in [1.82, 2.24) is 4.98 Å². The van der Waals surface area contributed by atoms with Crippen molar-refractivity contribution in [1.29, 1.82) is 0 Å². The van der Waals surface area contributed by atoms with Crippen LogP contribution in [0.2, 0.25) is 0 Å². The van der Waals surface area contributed by atoms with E-state index in [1.165, 1.54) is 11.8 Å². The molecule has 0 aliphatic heterocycles. The SMILES string of the molecule is CC(CCO)Sc1cc(C(F)(F)F)ccn1. The third-order valence-electron chi connectivity index (χ3n) is 1.92. The van der Waals surface area contributed by atoms with Gasteiger partial charge in [0, 0.05) is 18.1 Å². The number of pyridine rings is 1. The van der Waals surface area contributed by atoms with Crippen molar-refractivity contribution in [2.45, 2.75) is 29.8 Å². The molecule has 1 aromatic rings. The van der Waals surface area contributed by atoms with E-state index in [-0.39, 0.29) is 11.9 Å². The standard InChI is InChI=1S/C10H12F3NOS/c1-7(3-5-15)16-9-6-8(2-4-14-9)10(11,12)13/h2,4,6-7,15H,3,5H2,1H3. The molecule has 1 atom stereocenters. The third kappa shape index (κ3) is 4.02. The number of aliphatic hydroxyl groups excluding tert-OH is 1. The van der Waals surface area contributed by atoms with Crippen molar-refractivity contribution >= 4 is 11.8 Å². The number of hydrogen-bond acceptors (Lipinski definition) is 3. The van der Waals surface area contributed by atoms with Gasteiger partial charge in [-0.2, -0.15) is 13.2 Å². The van der Waals surface area contributed by atoms with E-state index >= 15 is 0 Å². The smallest absolute Gasteiger partial charge is 0.396 e. The largest absolute Gasteiger partial charge is 0.416 e. The molecule has 1 heterocycles. The van der Waals surface area contributed by atoms with Gasteiger partial charge in [0.05, 0.1) is 10.6 Å². The average molecular weight is 251 g/mol. The van der Waals surface area contributed by atoms with Gasteiger partial charge in [0.1, 0.15) is 0 Å². The molecule has 0 bridgehead atoms. The van der Waals surface area contributed by atoms with Crippen LogP contribution < -0.4 is 0 Å². The summed E-state index contributed by atoms with van der Waals surface area (Å²) in [6, 6.07) is 1.97. The molecule has 0 saturated carbocycles. The van der Waals surface area contributed by atoms with Crippen LogP contribution in [0.25, 0.3) is 0 Å². The predicted molar refractivity (Wildman–Crippen MR) is 56.3 cm³/mol. The maximum Gasteiger partial charge on any atom is 0.416 e. The summed E-state index contributed by atoms with van der Waals surface area (Å²) in [7, 11) is 0. The number of alkyl halides is 3. The zero-order valence-electron chi connectivity index (χ0n) is 8.66. The Morgan fingerprint density at radius 2 is 2.19 bits per heavy atom. The van der Waals surface area contributed by atoms with E-state index in [0.717, 1.165) is 18.3 Å². The van der Waals surface area contributed by atoms with Crippen LogP contribution in [0.1, 0.15) is 18.9 Å². The number of aromatic nitrogens is 1. The zero-order chi connectivity index (χ0) is 12.2. The summed E-state index contributed by atoms with van der Waals surface area (Å²) >= 11 is 1.23. The Bertz CT molecular complexity index is 343. The summed E-state index contributed by atoms with van der Waals surface area (Å²) in [5.74, 6) is 0. The van der Waals surface area contributed by atoms with Crippen LogP contribution in [0.4, 0.5) is 13.2 Å². The van der Waals surface area contributed by atoms with E-state index in [0.29, 0.717) is 11.4 Å². The monoisotopic (exact) mass is 251 g/mol. The minimum absolute atomic E-state index is 0.0210. The summed E-state index contributed by atoms with van der Waals surface area (Å²) in [4.78, 5) is 3.86. The zero-order valence-corrected chi connectivity index (χ0v) is 9.48. The molecule has 0 radical (unpaired) electrons. The first-order valence-corrected chi connectivity index (χ1v) is 5.62. The third-order valence-corrected chi connectivity index (χ3v) is 3.02. The number of aliphatic hydroxyl groups is 1. The van der Waals surface area contributed by atoms with Gasteiger partial charge in [0.2, 0.25) is 0 Å². The Kier molecular flexibility index (Phi) is 4.61. The molecule has 90 valence electrons. The van der Waals surface area contributed by atoms with Crippen molar-refractivity contribution in [2.75, 3.05) is 6.61 Å². The lowest BCUT2D eigenvalue weighted by atomic mass is 10.3. The second-order valence-electron chi connectivity index (χ2n) is 3.32. The first-order valence-electron chi connectivity index (χ1n) is 4.74. The highest BCUT2D eigenvalue weighted by Crippen LogP contribution is 2.32. The van der Waals surface area contributed by atoms with E-state index in [2.05, 4.69) is 4.98 Å². The molecule has 0 spiro atoms. The Morgan fingerprint density at radius 3 is 2.75 bits per heavy atom. The van der Waals surface area contributed by atoms with Gasteiger partial charge >= 0.3 is 6.18 Å². The van der Waals surface area contributed by atoms with E-state index in [4.69, 9.17) is 5.11 Å². The second-order valence-corrected chi connectivity index (χ2v) is 4.78. The van der Waals surface area contributed by atoms with Gasteiger partial charge in [0.25, 0.3) is 0 Å². The number of halogens is 3. The molecular formula is C10H12F3NOS. The maximum atomic E-state index is 12.4. The van der Waals surface area contributed by atoms with Gasteiger partial charge < -0.3 is 5.11 Å². The first kappa shape index (κ1) is 13.3. The minimum atomic E-state index is -4.33. The van der Waals surface area contributed by atoms with Gasteiger partial charge in [-0.15, -0.1) is 11.8 Å². The second kappa shape index (κ2) is 5.54. The van der Waals surface area contributed by atoms with Crippen LogP contribution in [0, 0.1) is 0 Å². The lowest BCUT2D eigenvalue weighted by molar-refractivity contribution is -0.137. The van der Waals surface area contributed by atoms with Crippen LogP contribution >= 0.6 is 11.8 Å². The van der Waals surface area contributed by atoms with Gasteiger partial charge in [-0.05, 0) is 18.6 Å². The summed E-state index contributed by atoms with van der Waals surface area (Å²) < 4.78 is 37.1. The van der Waals surface area contributed by atoms with Crippen molar-refractivity contribution in [2.24, 2.45) is 0 Å². The van der Waals surface area contributed by atoms with Crippen LogP contribution in [0.3, 0.4) is 0 Å². The molecule has 0 aromatic carbocycles. The van der Waals surface area contributed by atoms with Crippen molar-refractivity contribution < 1.29 is 18.3 Å². The number of rotatable bonds is 4. The van der Waals surface area contributed by atoms with Crippen molar-refractivity contribution in [3.05, 3.63) is 23.9 Å². The van der Waals surface area contributed by atoms with Gasteiger partial charge in [0.15, 0.2) is 0 Å². The van der Waals surface area contributed by atoms with Crippen LogP contribution in [-0.4, -0.2) is 21.9 Å². The van der Waals surface area contributed by atoms with E-state index < -0.39 is 11.7 Å². The Morgan fingerprint density at radius 1 is 1.50 bits per heavy atom. The van der Waals surface area contributed by atoms with Crippen LogP contribution in [-0.2, 0) is 6.18 Å². The van der Waals surface area contributed by atoms with Gasteiger partial charge in [-0.1, -0.05) is 6.92 Å². The molecular weight excluding hydrogens is 239 g/mol. The molecule has 0 amide bonds. The Hall–Kier alpha value is -0.750. The van der Waals surface area contributed by atoms with E-state index in [1.54, 1.807) is 0 Å². The summed E-state index contributed by atoms with van der Waals surface area (Å²) in [5, 5.41) is 9.06. The fraction of sp³-hybridized carbons (Fsp3) is 0.500. The minimum Gasteiger partial charge on any atom is -0.396 e. The highest BCUT2D eigenvalue weighted by Gasteiger charge is 2.30. The van der Waals surface area contributed by atoms with Gasteiger partial charge in [-0.3, -0.25) is 0 Å². The van der Waals surface area contributed by atoms with Gasteiger partial charge in [-0.25, -0.2) is 4.98 Å². The topological polar surface area (TPSA) is 33.1 Å². The fourth-order valence-electron chi connectivity index (χ4n) is 1.10. The number of nitrogens with zero attached hydrogens (tertiary/aromatic N) is 1. The summed E-state index contributed by atoms with van der Waals surface area (Å²) in [6.45, 7) is 1.86. The molecule has 0 aliphatic rings. The molecule has 6 heteroatoms. The molecule has 2 nitrogen and oxygen atoms in total. The lowest BCUT2D eigenvalue weighted by Crippen LogP contribution is -2.06. The molecule has 1 N–H and O–H groups in total. The number of hydrogen-bond donors (Lipinski definition) is 1. The van der Waals surface area contributed by atoms with Crippen molar-refractivity contribution in [3.63, 3.8) is 0 Å². The maximum absolute atomic E-state index is 12.4. The average Bonchev–Trinajstić information content (AvgIpc) is 2.17.